The van der Waals surface area contributed by atoms with Gasteiger partial charge in [0.2, 0.25) is 0 Å². The van der Waals surface area contributed by atoms with Crippen LogP contribution in [0.25, 0.3) is 0 Å². The summed E-state index contributed by atoms with van der Waals surface area (Å²) in [5, 5.41) is 10.8. The van der Waals surface area contributed by atoms with E-state index in [1.807, 2.05) is 6.07 Å². The first-order valence-corrected chi connectivity index (χ1v) is 8.77. The normalized spacial score (nSPS) is 16.7. The second-order valence-electron chi connectivity index (χ2n) is 6.95. The third-order valence-corrected chi connectivity index (χ3v) is 4.86. The van der Waals surface area contributed by atoms with E-state index in [2.05, 4.69) is 16.7 Å². The van der Waals surface area contributed by atoms with Gasteiger partial charge in [-0.1, -0.05) is 24.0 Å². The van der Waals surface area contributed by atoms with Gasteiger partial charge in [0.1, 0.15) is 5.82 Å². The number of hydrogen-bond acceptors (Lipinski definition) is 4. The Balaban J connectivity index is 1.51. The topological polar surface area (TPSA) is 75.5 Å². The third-order valence-electron chi connectivity index (χ3n) is 4.86. The number of rotatable bonds is 3. The maximum absolute atomic E-state index is 13.0. The second-order valence-corrected chi connectivity index (χ2v) is 6.95. The SMILES string of the molecule is Nc1ccc(C#CCN2CCC(O)(Cc3ccc(F)cc3)CC2)cc1N. The summed E-state index contributed by atoms with van der Waals surface area (Å²) in [6.07, 6.45) is 1.92. The molecule has 0 aromatic heterocycles. The number of halogens is 1. The van der Waals surface area contributed by atoms with Crippen molar-refractivity contribution in [3.05, 3.63) is 59.4 Å². The highest BCUT2D eigenvalue weighted by molar-refractivity contribution is 5.65. The Bertz CT molecular complexity index is 815. The average molecular weight is 353 g/mol. The fraction of sp³-hybridized carbons (Fsp3) is 0.333. The number of aliphatic hydroxyl groups is 1. The van der Waals surface area contributed by atoms with E-state index >= 15 is 0 Å². The Morgan fingerprint density at radius 1 is 1.04 bits per heavy atom. The van der Waals surface area contributed by atoms with Crippen molar-refractivity contribution >= 4 is 11.4 Å². The van der Waals surface area contributed by atoms with Gasteiger partial charge in [0.05, 0.1) is 23.5 Å². The quantitative estimate of drug-likeness (QED) is 0.585. The summed E-state index contributed by atoms with van der Waals surface area (Å²) in [7, 11) is 0. The lowest BCUT2D eigenvalue weighted by Crippen LogP contribution is -2.45. The van der Waals surface area contributed by atoms with Crippen molar-refractivity contribution in [3.8, 4) is 11.8 Å². The predicted molar refractivity (Wildman–Crippen MR) is 103 cm³/mol. The fourth-order valence-corrected chi connectivity index (χ4v) is 3.19. The van der Waals surface area contributed by atoms with Gasteiger partial charge >= 0.3 is 0 Å². The largest absolute Gasteiger partial charge is 0.397 e. The van der Waals surface area contributed by atoms with Gasteiger partial charge in [-0.05, 0) is 48.7 Å². The molecule has 2 aromatic carbocycles. The van der Waals surface area contributed by atoms with Crippen LogP contribution in [0.15, 0.2) is 42.5 Å². The number of nitrogens with zero attached hydrogens (tertiary/aromatic N) is 1. The highest BCUT2D eigenvalue weighted by Crippen LogP contribution is 2.26. The summed E-state index contributed by atoms with van der Waals surface area (Å²) < 4.78 is 13.0. The number of piperidine rings is 1. The molecule has 0 radical (unpaired) electrons. The molecule has 3 rings (SSSR count). The summed E-state index contributed by atoms with van der Waals surface area (Å²) in [5.41, 5.74) is 13.7. The van der Waals surface area contributed by atoms with Crippen LogP contribution in [-0.2, 0) is 6.42 Å². The van der Waals surface area contributed by atoms with Gasteiger partial charge in [-0.3, -0.25) is 4.90 Å². The Morgan fingerprint density at radius 3 is 2.38 bits per heavy atom. The zero-order valence-electron chi connectivity index (χ0n) is 14.7. The van der Waals surface area contributed by atoms with Crippen LogP contribution in [0.1, 0.15) is 24.0 Å². The predicted octanol–water partition coefficient (Wildman–Crippen LogP) is 2.41. The van der Waals surface area contributed by atoms with E-state index in [1.165, 1.54) is 12.1 Å². The maximum Gasteiger partial charge on any atom is 0.123 e. The van der Waals surface area contributed by atoms with Crippen LogP contribution in [0.2, 0.25) is 0 Å². The van der Waals surface area contributed by atoms with Crippen LogP contribution < -0.4 is 11.5 Å². The minimum Gasteiger partial charge on any atom is -0.397 e. The molecule has 1 heterocycles. The molecule has 1 saturated heterocycles. The van der Waals surface area contributed by atoms with E-state index in [-0.39, 0.29) is 5.82 Å². The number of nitrogen functional groups attached to an aromatic ring is 2. The highest BCUT2D eigenvalue weighted by atomic mass is 19.1. The monoisotopic (exact) mass is 353 g/mol. The fourth-order valence-electron chi connectivity index (χ4n) is 3.19. The van der Waals surface area contributed by atoms with Gasteiger partial charge in [-0.2, -0.15) is 0 Å². The second kappa shape index (κ2) is 7.77. The number of nitrogens with two attached hydrogens (primary N) is 2. The molecule has 0 aliphatic carbocycles. The molecule has 0 atom stereocenters. The molecule has 136 valence electrons. The van der Waals surface area contributed by atoms with E-state index in [0.717, 1.165) is 24.2 Å². The standard InChI is InChI=1S/C21H24FN3O/c22-18-6-3-17(4-7-18)15-21(26)9-12-25(13-10-21)11-1-2-16-5-8-19(23)20(24)14-16/h3-8,14,26H,9-13,15,23-24H2. The van der Waals surface area contributed by atoms with E-state index in [1.54, 1.807) is 24.3 Å². The molecule has 0 unspecified atom stereocenters. The average Bonchev–Trinajstić information content (AvgIpc) is 2.62. The summed E-state index contributed by atoms with van der Waals surface area (Å²) in [6.45, 7) is 2.23. The van der Waals surface area contributed by atoms with Gasteiger partial charge in [0.15, 0.2) is 0 Å². The number of benzene rings is 2. The van der Waals surface area contributed by atoms with E-state index in [0.29, 0.717) is 37.2 Å². The van der Waals surface area contributed by atoms with E-state index < -0.39 is 5.60 Å². The van der Waals surface area contributed by atoms with Crippen molar-refractivity contribution in [1.82, 2.24) is 4.90 Å². The molecule has 5 N–H and O–H groups in total. The summed E-state index contributed by atoms with van der Waals surface area (Å²) in [6, 6.07) is 11.7. The molecule has 1 fully saturated rings. The van der Waals surface area contributed by atoms with E-state index in [4.69, 9.17) is 11.5 Å². The molecule has 1 aliphatic heterocycles. The van der Waals surface area contributed by atoms with Crippen LogP contribution in [0, 0.1) is 17.7 Å². The molecule has 5 heteroatoms. The zero-order valence-corrected chi connectivity index (χ0v) is 14.7. The Labute approximate surface area is 153 Å². The van der Waals surface area contributed by atoms with Crippen molar-refractivity contribution < 1.29 is 9.50 Å². The molecule has 0 spiro atoms. The van der Waals surface area contributed by atoms with Crippen LogP contribution >= 0.6 is 0 Å². The molecule has 1 aliphatic rings. The third kappa shape index (κ3) is 4.75. The molecule has 0 saturated carbocycles. The van der Waals surface area contributed by atoms with Gasteiger partial charge in [0, 0.05) is 25.1 Å². The lowest BCUT2D eigenvalue weighted by atomic mass is 9.85. The molecule has 0 bridgehead atoms. The summed E-state index contributed by atoms with van der Waals surface area (Å²) >= 11 is 0. The lowest BCUT2D eigenvalue weighted by molar-refractivity contribution is -0.0177. The Kier molecular flexibility index (Phi) is 5.46. The first-order valence-electron chi connectivity index (χ1n) is 8.77. The van der Waals surface area contributed by atoms with Crippen molar-refractivity contribution in [2.45, 2.75) is 24.9 Å². The molecule has 2 aromatic rings. The zero-order chi connectivity index (χ0) is 18.6. The van der Waals surface area contributed by atoms with E-state index in [9.17, 15) is 9.50 Å². The summed E-state index contributed by atoms with van der Waals surface area (Å²) in [4.78, 5) is 2.23. The maximum atomic E-state index is 13.0. The lowest BCUT2D eigenvalue weighted by Gasteiger charge is -2.37. The van der Waals surface area contributed by atoms with Crippen LogP contribution in [0.4, 0.5) is 15.8 Å². The molecule has 4 nitrogen and oxygen atoms in total. The summed E-state index contributed by atoms with van der Waals surface area (Å²) in [5.74, 6) is 6.01. The van der Waals surface area contributed by atoms with Crippen molar-refractivity contribution in [1.29, 1.82) is 0 Å². The molecular formula is C21H24FN3O. The van der Waals surface area contributed by atoms with Gasteiger partial charge in [-0.15, -0.1) is 0 Å². The Morgan fingerprint density at radius 2 is 1.73 bits per heavy atom. The van der Waals surface area contributed by atoms with Crippen molar-refractivity contribution in [3.63, 3.8) is 0 Å². The van der Waals surface area contributed by atoms with Gasteiger partial charge < -0.3 is 16.6 Å². The highest BCUT2D eigenvalue weighted by Gasteiger charge is 2.32. The number of anilines is 2. The number of hydrogen-bond donors (Lipinski definition) is 3. The van der Waals surface area contributed by atoms with Crippen LogP contribution in [-0.4, -0.2) is 35.2 Å². The Hall–Kier alpha value is -2.55. The smallest absolute Gasteiger partial charge is 0.123 e. The number of likely N-dealkylation sites (tertiary alicyclic amines) is 1. The van der Waals surface area contributed by atoms with Gasteiger partial charge in [0.25, 0.3) is 0 Å². The first-order chi connectivity index (χ1) is 12.4. The molecular weight excluding hydrogens is 329 g/mol. The van der Waals surface area contributed by atoms with Crippen molar-refractivity contribution in [2.24, 2.45) is 0 Å². The van der Waals surface area contributed by atoms with Crippen LogP contribution in [0.3, 0.4) is 0 Å². The molecule has 0 amide bonds. The minimum atomic E-state index is -0.729. The molecule has 26 heavy (non-hydrogen) atoms. The minimum absolute atomic E-state index is 0.253. The van der Waals surface area contributed by atoms with Crippen LogP contribution in [0.5, 0.6) is 0 Å². The van der Waals surface area contributed by atoms with Gasteiger partial charge in [-0.25, -0.2) is 4.39 Å². The van der Waals surface area contributed by atoms with Crippen molar-refractivity contribution in [2.75, 3.05) is 31.1 Å². The first kappa shape index (κ1) is 18.2.